The second kappa shape index (κ2) is 4.06. The molecule has 1 aliphatic carbocycles. The molecular formula is C13H18FNO. The Bertz CT molecular complexity index is 374. The first-order valence-electron chi connectivity index (χ1n) is 5.81. The van der Waals surface area contributed by atoms with Crippen molar-refractivity contribution in [1.82, 2.24) is 0 Å². The van der Waals surface area contributed by atoms with Crippen LogP contribution in [-0.4, -0.2) is 5.11 Å². The van der Waals surface area contributed by atoms with Gasteiger partial charge >= 0.3 is 0 Å². The van der Waals surface area contributed by atoms with Crippen molar-refractivity contribution in [2.24, 2.45) is 5.73 Å². The van der Waals surface area contributed by atoms with Crippen LogP contribution < -0.4 is 5.73 Å². The van der Waals surface area contributed by atoms with Gasteiger partial charge in [0.2, 0.25) is 0 Å². The molecule has 0 spiro atoms. The summed E-state index contributed by atoms with van der Waals surface area (Å²) in [5.41, 5.74) is 6.86. The van der Waals surface area contributed by atoms with E-state index in [1.807, 2.05) is 0 Å². The molecule has 2 nitrogen and oxygen atoms in total. The molecule has 1 saturated carbocycles. The van der Waals surface area contributed by atoms with Crippen LogP contribution in [0.3, 0.4) is 0 Å². The third-order valence-electron chi connectivity index (χ3n) is 3.64. The zero-order valence-corrected chi connectivity index (χ0v) is 9.59. The van der Waals surface area contributed by atoms with Gasteiger partial charge in [-0.15, -0.1) is 0 Å². The lowest BCUT2D eigenvalue weighted by molar-refractivity contribution is 0.300. The van der Waals surface area contributed by atoms with Gasteiger partial charge in [-0.1, -0.05) is 19.3 Å². The molecule has 3 N–H and O–H groups in total. The van der Waals surface area contributed by atoms with Crippen molar-refractivity contribution in [3.63, 3.8) is 0 Å². The van der Waals surface area contributed by atoms with Crippen molar-refractivity contribution in [3.05, 3.63) is 29.1 Å². The smallest absolute Gasteiger partial charge is 0.130 e. The lowest BCUT2D eigenvalue weighted by Crippen LogP contribution is -2.38. The van der Waals surface area contributed by atoms with E-state index in [9.17, 15) is 9.50 Å². The van der Waals surface area contributed by atoms with Gasteiger partial charge in [0, 0.05) is 11.1 Å². The van der Waals surface area contributed by atoms with Crippen LogP contribution in [0.1, 0.15) is 43.2 Å². The van der Waals surface area contributed by atoms with Crippen molar-refractivity contribution >= 4 is 0 Å². The summed E-state index contributed by atoms with van der Waals surface area (Å²) in [5, 5.41) is 9.63. The number of aromatic hydroxyl groups is 1. The molecule has 0 amide bonds. The van der Waals surface area contributed by atoms with E-state index in [0.717, 1.165) is 31.2 Å². The molecule has 0 atom stereocenters. The lowest BCUT2D eigenvalue weighted by atomic mass is 9.77. The average Bonchev–Trinajstić information content (AvgIpc) is 2.26. The van der Waals surface area contributed by atoms with Gasteiger partial charge in [0.05, 0.1) is 0 Å². The highest BCUT2D eigenvalue weighted by atomic mass is 19.1. The number of rotatable bonds is 1. The monoisotopic (exact) mass is 223 g/mol. The maximum absolute atomic E-state index is 13.5. The van der Waals surface area contributed by atoms with E-state index in [-0.39, 0.29) is 11.6 Å². The minimum atomic E-state index is -0.454. The molecule has 0 unspecified atom stereocenters. The Morgan fingerprint density at radius 3 is 2.44 bits per heavy atom. The highest BCUT2D eigenvalue weighted by Gasteiger charge is 2.30. The molecule has 1 aromatic rings. The van der Waals surface area contributed by atoms with Crippen molar-refractivity contribution in [2.75, 3.05) is 0 Å². The minimum absolute atomic E-state index is 0.00500. The first-order valence-corrected chi connectivity index (χ1v) is 5.81. The average molecular weight is 223 g/mol. The highest BCUT2D eigenvalue weighted by molar-refractivity contribution is 5.39. The second-order valence-electron chi connectivity index (χ2n) is 4.82. The van der Waals surface area contributed by atoms with Gasteiger partial charge in [0.25, 0.3) is 0 Å². The number of nitrogens with two attached hydrogens (primary N) is 1. The lowest BCUT2D eigenvalue weighted by Gasteiger charge is -2.34. The summed E-state index contributed by atoms with van der Waals surface area (Å²) in [4.78, 5) is 0. The largest absolute Gasteiger partial charge is 0.508 e. The summed E-state index contributed by atoms with van der Waals surface area (Å²) in [6.07, 6.45) is 5.09. The van der Waals surface area contributed by atoms with Crippen LogP contribution in [0.5, 0.6) is 5.75 Å². The van der Waals surface area contributed by atoms with E-state index in [4.69, 9.17) is 5.73 Å². The van der Waals surface area contributed by atoms with Gasteiger partial charge in [-0.2, -0.15) is 0 Å². The summed E-state index contributed by atoms with van der Waals surface area (Å²) in [5.74, 6) is -0.365. The zero-order valence-electron chi connectivity index (χ0n) is 9.59. The van der Waals surface area contributed by atoms with Gasteiger partial charge in [-0.3, -0.25) is 0 Å². The molecule has 0 aliphatic heterocycles. The van der Waals surface area contributed by atoms with Crippen LogP contribution in [0, 0.1) is 12.7 Å². The number of hydrogen-bond acceptors (Lipinski definition) is 2. The fourth-order valence-corrected chi connectivity index (χ4v) is 2.42. The van der Waals surface area contributed by atoms with Crippen molar-refractivity contribution in [3.8, 4) is 5.75 Å². The van der Waals surface area contributed by atoms with Crippen LogP contribution in [0.4, 0.5) is 4.39 Å². The van der Waals surface area contributed by atoms with Gasteiger partial charge in [0.1, 0.15) is 11.6 Å². The molecule has 1 aromatic carbocycles. The minimum Gasteiger partial charge on any atom is -0.508 e. The number of phenols is 1. The van der Waals surface area contributed by atoms with E-state index in [1.54, 1.807) is 13.0 Å². The van der Waals surface area contributed by atoms with Gasteiger partial charge < -0.3 is 10.8 Å². The predicted molar refractivity (Wildman–Crippen MR) is 61.8 cm³/mol. The van der Waals surface area contributed by atoms with Crippen LogP contribution in [0.15, 0.2) is 12.1 Å². The van der Waals surface area contributed by atoms with Crippen LogP contribution in [0.2, 0.25) is 0 Å². The van der Waals surface area contributed by atoms with E-state index in [0.29, 0.717) is 5.56 Å². The SMILES string of the molecule is Cc1c(O)cc(C2(N)CCCCC2)cc1F. The Kier molecular flexibility index (Phi) is 2.89. The standard InChI is InChI=1S/C13H18FNO/c1-9-11(14)7-10(8-12(9)16)13(15)5-3-2-4-6-13/h7-8,16H,2-6,15H2,1H3. The summed E-state index contributed by atoms with van der Waals surface area (Å²) >= 11 is 0. The molecule has 0 saturated heterocycles. The van der Waals surface area contributed by atoms with E-state index < -0.39 is 5.54 Å². The topological polar surface area (TPSA) is 46.2 Å². The molecule has 2 rings (SSSR count). The number of hydrogen-bond donors (Lipinski definition) is 2. The number of phenolic OH excluding ortho intramolecular Hbond substituents is 1. The van der Waals surface area contributed by atoms with Gasteiger partial charge in [-0.25, -0.2) is 4.39 Å². The Balaban J connectivity index is 2.39. The number of halogens is 1. The summed E-state index contributed by atoms with van der Waals surface area (Å²) in [6, 6.07) is 3.09. The van der Waals surface area contributed by atoms with E-state index >= 15 is 0 Å². The molecule has 0 radical (unpaired) electrons. The third kappa shape index (κ3) is 1.92. The molecule has 3 heteroatoms. The summed E-state index contributed by atoms with van der Waals surface area (Å²) < 4.78 is 13.5. The van der Waals surface area contributed by atoms with Crippen molar-refractivity contribution < 1.29 is 9.50 Å². The quantitative estimate of drug-likeness (QED) is 0.768. The Morgan fingerprint density at radius 1 is 1.25 bits per heavy atom. The van der Waals surface area contributed by atoms with Crippen molar-refractivity contribution in [1.29, 1.82) is 0 Å². The molecule has 88 valence electrons. The zero-order chi connectivity index (χ0) is 11.8. The maximum atomic E-state index is 13.5. The van der Waals surface area contributed by atoms with Crippen LogP contribution in [-0.2, 0) is 5.54 Å². The second-order valence-corrected chi connectivity index (χ2v) is 4.82. The Hall–Kier alpha value is -1.09. The van der Waals surface area contributed by atoms with E-state index in [2.05, 4.69) is 0 Å². The van der Waals surface area contributed by atoms with E-state index in [1.165, 1.54) is 12.5 Å². The Morgan fingerprint density at radius 2 is 1.88 bits per heavy atom. The first kappa shape index (κ1) is 11.4. The van der Waals surface area contributed by atoms with Crippen molar-refractivity contribution in [2.45, 2.75) is 44.6 Å². The normalized spacial score (nSPS) is 19.7. The summed E-state index contributed by atoms with van der Waals surface area (Å²) in [7, 11) is 0. The molecule has 1 aliphatic rings. The predicted octanol–water partition coefficient (Wildman–Crippen LogP) is 2.96. The third-order valence-corrected chi connectivity index (χ3v) is 3.64. The van der Waals surface area contributed by atoms with Gasteiger partial charge in [0.15, 0.2) is 0 Å². The Labute approximate surface area is 95.3 Å². The van der Waals surface area contributed by atoms with Gasteiger partial charge in [-0.05, 0) is 37.5 Å². The first-order chi connectivity index (χ1) is 7.53. The molecule has 16 heavy (non-hydrogen) atoms. The molecule has 0 heterocycles. The maximum Gasteiger partial charge on any atom is 0.130 e. The molecule has 1 fully saturated rings. The molecule has 0 aromatic heterocycles. The van der Waals surface area contributed by atoms with Crippen LogP contribution >= 0.6 is 0 Å². The highest BCUT2D eigenvalue weighted by Crippen LogP contribution is 2.37. The molecular weight excluding hydrogens is 205 g/mol. The fraction of sp³-hybridized carbons (Fsp3) is 0.538. The summed E-state index contributed by atoms with van der Waals surface area (Å²) in [6.45, 7) is 1.57. The fourth-order valence-electron chi connectivity index (χ4n) is 2.42. The number of benzene rings is 1. The van der Waals surface area contributed by atoms with Crippen LogP contribution in [0.25, 0.3) is 0 Å². The molecule has 0 bridgehead atoms.